The number of fused-ring (bicyclic) bond motifs is 3. The van der Waals surface area contributed by atoms with Gasteiger partial charge in [-0.2, -0.15) is 0 Å². The Balaban J connectivity index is 0.00000289. The number of carbonyl (C=O) groups is 1. The number of unbranched alkanes of at least 4 members (excludes halogenated alkanes) is 1. The summed E-state index contributed by atoms with van der Waals surface area (Å²) in [6.07, 6.45) is 3.73. The summed E-state index contributed by atoms with van der Waals surface area (Å²) < 4.78 is 41.1. The second kappa shape index (κ2) is 10.7. The van der Waals surface area contributed by atoms with E-state index >= 15 is 0 Å². The minimum atomic E-state index is -0.346. The largest absolute Gasteiger partial charge is 0.356 e. The summed E-state index contributed by atoms with van der Waals surface area (Å²) in [6, 6.07) is 15.4. The van der Waals surface area contributed by atoms with Crippen LogP contribution in [0.5, 0.6) is 0 Å². The van der Waals surface area contributed by atoms with Crippen LogP contribution in [-0.2, 0) is 13.0 Å². The molecule has 0 saturated heterocycles. The van der Waals surface area contributed by atoms with Crippen LogP contribution < -0.4 is 5.32 Å². The molecule has 1 atom stereocenters. The lowest BCUT2D eigenvalue weighted by Crippen LogP contribution is -2.35. The Kier molecular flexibility index (Phi) is 7.63. The van der Waals surface area contributed by atoms with E-state index in [0.29, 0.717) is 24.0 Å². The lowest BCUT2D eigenvalue weighted by atomic mass is 9.93. The van der Waals surface area contributed by atoms with Gasteiger partial charge in [0.2, 0.25) is 0 Å². The summed E-state index contributed by atoms with van der Waals surface area (Å²) in [4.78, 5) is 15.6. The van der Waals surface area contributed by atoms with Crippen molar-refractivity contribution >= 4 is 29.1 Å². The van der Waals surface area contributed by atoms with Gasteiger partial charge in [0.05, 0.1) is 5.52 Å². The Morgan fingerprint density at radius 2 is 1.57 bits per heavy atom. The molecule has 3 aromatic carbocycles. The summed E-state index contributed by atoms with van der Waals surface area (Å²) in [5.41, 5.74) is 4.83. The van der Waals surface area contributed by atoms with E-state index in [2.05, 4.69) is 10.3 Å². The Bertz CT molecular complexity index is 1330. The Morgan fingerprint density at radius 3 is 2.29 bits per heavy atom. The molecule has 0 fully saturated rings. The predicted molar refractivity (Wildman–Crippen MR) is 134 cm³/mol. The third-order valence-corrected chi connectivity index (χ3v) is 6.64. The first-order valence-corrected chi connectivity index (χ1v) is 11.6. The second-order valence-corrected chi connectivity index (χ2v) is 8.89. The smallest absolute Gasteiger partial charge is 0.162 e. The number of nitrogens with one attached hydrogen (secondary N) is 2. The van der Waals surface area contributed by atoms with Crippen molar-refractivity contribution in [3.8, 4) is 11.1 Å². The van der Waals surface area contributed by atoms with E-state index in [-0.39, 0.29) is 41.7 Å². The highest BCUT2D eigenvalue weighted by Gasteiger charge is 2.25. The number of ketones is 1. The van der Waals surface area contributed by atoms with Crippen LogP contribution in [0.25, 0.3) is 22.0 Å². The van der Waals surface area contributed by atoms with E-state index in [1.165, 1.54) is 42.5 Å². The lowest BCUT2D eigenvalue weighted by molar-refractivity contribution is 0.0978. The molecule has 2 heterocycles. The second-order valence-electron chi connectivity index (χ2n) is 8.89. The number of H-pyrrole nitrogens is 1. The minimum Gasteiger partial charge on any atom is -0.356 e. The molecule has 1 aliphatic heterocycles. The number of aromatic amines is 1. The van der Waals surface area contributed by atoms with E-state index in [0.717, 1.165) is 53.5 Å². The van der Waals surface area contributed by atoms with Gasteiger partial charge in [-0.05, 0) is 72.0 Å². The molecule has 182 valence electrons. The van der Waals surface area contributed by atoms with Gasteiger partial charge >= 0.3 is 0 Å². The van der Waals surface area contributed by atoms with Crippen LogP contribution in [0.15, 0.2) is 60.7 Å². The Morgan fingerprint density at radius 1 is 0.886 bits per heavy atom. The zero-order valence-corrected chi connectivity index (χ0v) is 19.9. The maximum Gasteiger partial charge on any atom is 0.162 e. The summed E-state index contributed by atoms with van der Waals surface area (Å²) >= 11 is 0. The molecular formula is C28H26ClF3N2O. The van der Waals surface area contributed by atoms with Crippen LogP contribution in [0.4, 0.5) is 13.2 Å². The van der Waals surface area contributed by atoms with E-state index < -0.39 is 0 Å². The molecule has 0 saturated carbocycles. The van der Waals surface area contributed by atoms with Gasteiger partial charge in [0.25, 0.3) is 0 Å². The molecule has 1 unspecified atom stereocenters. The zero-order valence-electron chi connectivity index (χ0n) is 19.0. The van der Waals surface area contributed by atoms with E-state index in [1.54, 1.807) is 18.2 Å². The highest BCUT2D eigenvalue weighted by molar-refractivity contribution is 5.99. The van der Waals surface area contributed by atoms with Crippen LogP contribution in [0, 0.1) is 17.5 Å². The fourth-order valence-electron chi connectivity index (χ4n) is 4.85. The van der Waals surface area contributed by atoms with Crippen molar-refractivity contribution < 1.29 is 18.0 Å². The predicted octanol–water partition coefficient (Wildman–Crippen LogP) is 7.13. The van der Waals surface area contributed by atoms with E-state index in [4.69, 9.17) is 0 Å². The topological polar surface area (TPSA) is 44.9 Å². The van der Waals surface area contributed by atoms with E-state index in [9.17, 15) is 18.0 Å². The van der Waals surface area contributed by atoms with Gasteiger partial charge in [-0.3, -0.25) is 4.79 Å². The van der Waals surface area contributed by atoms with Gasteiger partial charge in [-0.1, -0.05) is 24.6 Å². The third-order valence-electron chi connectivity index (χ3n) is 6.64. The van der Waals surface area contributed by atoms with Crippen LogP contribution in [0.3, 0.4) is 0 Å². The maximum atomic E-state index is 14.7. The molecule has 5 rings (SSSR count). The number of Topliss-reactive ketones (excluding diaryl/α,β-unsaturated/α-hetero) is 1. The molecule has 3 nitrogen and oxygen atoms in total. The molecule has 0 spiro atoms. The van der Waals surface area contributed by atoms with Crippen molar-refractivity contribution in [1.82, 2.24) is 10.3 Å². The number of rotatable bonds is 7. The highest BCUT2D eigenvalue weighted by atomic mass is 35.5. The Labute approximate surface area is 208 Å². The van der Waals surface area contributed by atoms with Gasteiger partial charge in [-0.15, -0.1) is 12.4 Å². The van der Waals surface area contributed by atoms with Crippen molar-refractivity contribution in [1.29, 1.82) is 0 Å². The van der Waals surface area contributed by atoms with Gasteiger partial charge in [-0.25, -0.2) is 13.2 Å². The summed E-state index contributed by atoms with van der Waals surface area (Å²) in [6.45, 7) is 0.617. The molecular weight excluding hydrogens is 473 g/mol. The van der Waals surface area contributed by atoms with Crippen molar-refractivity contribution in [2.24, 2.45) is 0 Å². The average molecular weight is 499 g/mol. The Hall–Kier alpha value is -3.09. The zero-order chi connectivity index (χ0) is 23.7. The van der Waals surface area contributed by atoms with Crippen molar-refractivity contribution in [2.75, 3.05) is 0 Å². The van der Waals surface area contributed by atoms with Crippen LogP contribution >= 0.6 is 12.4 Å². The number of halogens is 4. The number of benzene rings is 3. The summed E-state index contributed by atoms with van der Waals surface area (Å²) in [5, 5.41) is 4.40. The number of hydrogen-bond donors (Lipinski definition) is 2. The van der Waals surface area contributed by atoms with Crippen molar-refractivity contribution in [3.63, 3.8) is 0 Å². The first-order valence-electron chi connectivity index (χ1n) is 11.6. The molecule has 0 radical (unpaired) electrons. The third kappa shape index (κ3) is 5.29. The molecule has 4 aromatic rings. The van der Waals surface area contributed by atoms with Gasteiger partial charge < -0.3 is 10.3 Å². The minimum absolute atomic E-state index is 0. The number of carbonyl (C=O) groups excluding carboxylic acids is 1. The first kappa shape index (κ1) is 25.0. The number of aromatic nitrogens is 1. The fraction of sp³-hybridized carbons (Fsp3) is 0.250. The lowest BCUT2D eigenvalue weighted by Gasteiger charge is -2.24. The molecule has 0 bridgehead atoms. The highest BCUT2D eigenvalue weighted by Crippen LogP contribution is 2.36. The van der Waals surface area contributed by atoms with Crippen LogP contribution in [0.2, 0.25) is 0 Å². The maximum absolute atomic E-state index is 14.7. The SMILES string of the molecule is Cl.O=C(CCCCC1Cc2[nH]c3c(F)ccc(-c4ccc(F)cc4)c3c2CN1)c1ccc(F)cc1. The van der Waals surface area contributed by atoms with Crippen molar-refractivity contribution in [3.05, 3.63) is 94.9 Å². The fourth-order valence-corrected chi connectivity index (χ4v) is 4.85. The molecule has 7 heteroatoms. The van der Waals surface area contributed by atoms with E-state index in [1.807, 2.05) is 0 Å². The van der Waals surface area contributed by atoms with Crippen LogP contribution in [-0.4, -0.2) is 16.8 Å². The average Bonchev–Trinajstić information content (AvgIpc) is 3.23. The molecule has 0 amide bonds. The molecule has 35 heavy (non-hydrogen) atoms. The summed E-state index contributed by atoms with van der Waals surface area (Å²) in [5.74, 6) is -0.924. The van der Waals surface area contributed by atoms with Crippen LogP contribution in [0.1, 0.15) is 47.3 Å². The standard InChI is InChI=1S/C28H25F3N2O.ClH/c29-19-9-5-17(6-10-19)22-13-14-24(31)28-27(22)23-16-32-21(15-25(23)33-28)3-1-2-4-26(34)18-7-11-20(30)12-8-18;/h5-14,21,32-33H,1-4,15-16H2;1H. The monoisotopic (exact) mass is 498 g/mol. The molecule has 0 aliphatic carbocycles. The number of hydrogen-bond acceptors (Lipinski definition) is 2. The van der Waals surface area contributed by atoms with Gasteiger partial charge in [0.1, 0.15) is 17.5 Å². The molecule has 1 aliphatic rings. The van der Waals surface area contributed by atoms with Crippen molar-refractivity contribution in [2.45, 2.75) is 44.7 Å². The molecule has 1 aromatic heterocycles. The van der Waals surface area contributed by atoms with Gasteiger partial charge in [0, 0.05) is 42.1 Å². The first-order chi connectivity index (χ1) is 16.5. The van der Waals surface area contributed by atoms with Gasteiger partial charge in [0.15, 0.2) is 5.78 Å². The summed E-state index contributed by atoms with van der Waals surface area (Å²) in [7, 11) is 0. The molecule has 2 N–H and O–H groups in total. The quantitative estimate of drug-likeness (QED) is 0.210. The normalized spacial score (nSPS) is 15.0.